The molecule has 4 rings (SSSR count). The summed E-state index contributed by atoms with van der Waals surface area (Å²) in [5.41, 5.74) is 0.179. The first-order valence-corrected chi connectivity index (χ1v) is 9.58. The van der Waals surface area contributed by atoms with Gasteiger partial charge in [-0.25, -0.2) is 9.18 Å². The van der Waals surface area contributed by atoms with E-state index in [4.69, 9.17) is 4.52 Å². The Morgan fingerprint density at radius 3 is 2.77 bits per heavy atom. The highest BCUT2D eigenvalue weighted by Crippen LogP contribution is 2.21. The summed E-state index contributed by atoms with van der Waals surface area (Å²) in [6.45, 7) is 3.13. The first-order valence-electron chi connectivity index (χ1n) is 9.58. The Hall–Kier alpha value is -3.56. The average molecular weight is 413 g/mol. The van der Waals surface area contributed by atoms with Gasteiger partial charge in [0.1, 0.15) is 17.9 Å². The van der Waals surface area contributed by atoms with Gasteiger partial charge in [0.2, 0.25) is 17.6 Å². The van der Waals surface area contributed by atoms with Crippen LogP contribution in [0.2, 0.25) is 0 Å². The molecule has 10 heteroatoms. The molecule has 0 unspecified atom stereocenters. The van der Waals surface area contributed by atoms with Crippen LogP contribution in [0.3, 0.4) is 0 Å². The van der Waals surface area contributed by atoms with Crippen LogP contribution < -0.4 is 16.6 Å². The van der Waals surface area contributed by atoms with Crippen molar-refractivity contribution < 1.29 is 13.7 Å². The maximum absolute atomic E-state index is 13.7. The van der Waals surface area contributed by atoms with E-state index in [1.165, 1.54) is 16.7 Å². The number of rotatable bonds is 4. The molecule has 2 aromatic heterocycles. The van der Waals surface area contributed by atoms with E-state index in [9.17, 15) is 18.8 Å². The second kappa shape index (κ2) is 7.69. The lowest BCUT2D eigenvalue weighted by molar-refractivity contribution is -0.116. The van der Waals surface area contributed by atoms with Crippen LogP contribution in [-0.4, -0.2) is 25.2 Å². The highest BCUT2D eigenvalue weighted by Gasteiger charge is 2.26. The van der Waals surface area contributed by atoms with Crippen LogP contribution in [0.5, 0.6) is 0 Å². The van der Waals surface area contributed by atoms with Crippen molar-refractivity contribution >= 4 is 11.6 Å². The van der Waals surface area contributed by atoms with Gasteiger partial charge >= 0.3 is 5.69 Å². The predicted molar refractivity (Wildman–Crippen MR) is 106 cm³/mol. The fourth-order valence-corrected chi connectivity index (χ4v) is 3.57. The van der Waals surface area contributed by atoms with Gasteiger partial charge < -0.3 is 9.84 Å². The second-order valence-corrected chi connectivity index (χ2v) is 7.25. The SMILES string of the molecule is Cc1nc(-c2c3n(c(=O)n(CC(=O)Nc4ccc(C)c(F)c4)c2=O)CCCC3)no1. The number of amides is 1. The molecule has 0 atom stereocenters. The number of nitrogens with one attached hydrogen (secondary N) is 1. The number of carbonyl (C=O) groups excluding carboxylic acids is 1. The van der Waals surface area contributed by atoms with Crippen LogP contribution in [0.1, 0.15) is 30.0 Å². The molecular formula is C20H20FN5O4. The Labute approximate surface area is 170 Å². The molecule has 1 aliphatic heterocycles. The molecule has 1 aromatic carbocycles. The van der Waals surface area contributed by atoms with Crippen LogP contribution in [0.15, 0.2) is 32.3 Å². The van der Waals surface area contributed by atoms with E-state index in [1.54, 1.807) is 19.9 Å². The van der Waals surface area contributed by atoms with Gasteiger partial charge in [-0.2, -0.15) is 4.98 Å². The van der Waals surface area contributed by atoms with Gasteiger partial charge in [0, 0.05) is 24.8 Å². The minimum atomic E-state index is -0.654. The van der Waals surface area contributed by atoms with E-state index < -0.39 is 29.5 Å². The molecule has 30 heavy (non-hydrogen) atoms. The Bertz CT molecular complexity index is 1260. The van der Waals surface area contributed by atoms with E-state index in [2.05, 4.69) is 15.5 Å². The molecule has 3 aromatic rings. The van der Waals surface area contributed by atoms with Crippen LogP contribution >= 0.6 is 0 Å². The summed E-state index contributed by atoms with van der Waals surface area (Å²) in [6.07, 6.45) is 2.14. The highest BCUT2D eigenvalue weighted by molar-refractivity contribution is 5.90. The Morgan fingerprint density at radius 1 is 1.27 bits per heavy atom. The number of halogens is 1. The maximum Gasteiger partial charge on any atom is 0.331 e. The molecule has 9 nitrogen and oxygen atoms in total. The first kappa shape index (κ1) is 19.7. The molecule has 0 radical (unpaired) electrons. The standard InChI is InChI=1S/C20H20FN5O4/c1-11-6-7-13(9-14(11)21)23-16(27)10-26-19(28)17(18-22-12(2)30-24-18)15-5-3-4-8-25(15)20(26)29/h6-7,9H,3-5,8,10H2,1-2H3,(H,23,27). The number of hydrogen-bond donors (Lipinski definition) is 1. The number of carbonyl (C=O) groups is 1. The third-order valence-corrected chi connectivity index (χ3v) is 5.09. The Balaban J connectivity index is 1.74. The van der Waals surface area contributed by atoms with Gasteiger partial charge in [-0.05, 0) is 43.9 Å². The van der Waals surface area contributed by atoms with E-state index in [0.29, 0.717) is 24.2 Å². The summed E-state index contributed by atoms with van der Waals surface area (Å²) in [6, 6.07) is 4.26. The van der Waals surface area contributed by atoms with Crippen molar-refractivity contribution in [1.29, 1.82) is 0 Å². The van der Waals surface area contributed by atoms with E-state index in [-0.39, 0.29) is 23.0 Å². The first-order chi connectivity index (χ1) is 14.3. The molecule has 3 heterocycles. The third-order valence-electron chi connectivity index (χ3n) is 5.09. The number of benzene rings is 1. The van der Waals surface area contributed by atoms with Crippen molar-refractivity contribution in [3.8, 4) is 11.4 Å². The van der Waals surface area contributed by atoms with Crippen LogP contribution in [0.25, 0.3) is 11.4 Å². The molecule has 0 aliphatic carbocycles. The average Bonchev–Trinajstić information content (AvgIpc) is 3.14. The topological polar surface area (TPSA) is 112 Å². The molecule has 1 amide bonds. The number of fused-ring (bicyclic) bond motifs is 1. The minimum Gasteiger partial charge on any atom is -0.339 e. The predicted octanol–water partition coefficient (Wildman–Crippen LogP) is 1.79. The van der Waals surface area contributed by atoms with Crippen LogP contribution in [-0.2, 0) is 24.3 Å². The number of hydrogen-bond acceptors (Lipinski definition) is 6. The third kappa shape index (κ3) is 3.56. The minimum absolute atomic E-state index is 0.0953. The molecule has 1 N–H and O–H groups in total. The molecule has 0 saturated carbocycles. The largest absolute Gasteiger partial charge is 0.339 e. The van der Waals surface area contributed by atoms with E-state index in [0.717, 1.165) is 17.4 Å². The van der Waals surface area contributed by atoms with Gasteiger partial charge in [0.25, 0.3) is 5.56 Å². The molecular weight excluding hydrogens is 393 g/mol. The van der Waals surface area contributed by atoms with Crippen LogP contribution in [0, 0.1) is 19.7 Å². The van der Waals surface area contributed by atoms with Crippen molar-refractivity contribution in [3.05, 3.63) is 62.0 Å². The van der Waals surface area contributed by atoms with E-state index >= 15 is 0 Å². The zero-order chi connectivity index (χ0) is 21.4. The number of aromatic nitrogens is 4. The van der Waals surface area contributed by atoms with Crippen molar-refractivity contribution in [2.45, 2.75) is 46.2 Å². The molecule has 1 aliphatic rings. The summed E-state index contributed by atoms with van der Waals surface area (Å²) in [7, 11) is 0. The van der Waals surface area contributed by atoms with Crippen molar-refractivity contribution in [1.82, 2.24) is 19.3 Å². The molecule has 0 saturated heterocycles. The number of aryl methyl sites for hydroxylation is 2. The summed E-state index contributed by atoms with van der Waals surface area (Å²) >= 11 is 0. The summed E-state index contributed by atoms with van der Waals surface area (Å²) < 4.78 is 21.1. The smallest absolute Gasteiger partial charge is 0.331 e. The lowest BCUT2D eigenvalue weighted by Crippen LogP contribution is -2.45. The van der Waals surface area contributed by atoms with Gasteiger partial charge in [-0.1, -0.05) is 11.2 Å². The van der Waals surface area contributed by atoms with Gasteiger partial charge in [0.05, 0.1) is 0 Å². The zero-order valence-electron chi connectivity index (χ0n) is 16.6. The molecule has 0 fully saturated rings. The fraction of sp³-hybridized carbons (Fsp3) is 0.350. The van der Waals surface area contributed by atoms with Crippen molar-refractivity contribution in [2.75, 3.05) is 5.32 Å². The van der Waals surface area contributed by atoms with E-state index in [1.807, 2.05) is 0 Å². The van der Waals surface area contributed by atoms with Gasteiger partial charge in [-0.3, -0.25) is 18.7 Å². The monoisotopic (exact) mass is 413 g/mol. The molecule has 156 valence electrons. The summed E-state index contributed by atoms with van der Waals surface area (Å²) in [5.74, 6) is -0.702. The Kier molecular flexibility index (Phi) is 5.06. The molecule has 0 spiro atoms. The van der Waals surface area contributed by atoms with Crippen LogP contribution in [0.4, 0.5) is 10.1 Å². The van der Waals surface area contributed by atoms with Crippen molar-refractivity contribution in [2.24, 2.45) is 0 Å². The zero-order valence-corrected chi connectivity index (χ0v) is 16.6. The quantitative estimate of drug-likeness (QED) is 0.698. The van der Waals surface area contributed by atoms with Gasteiger partial charge in [-0.15, -0.1) is 0 Å². The maximum atomic E-state index is 13.7. The summed E-state index contributed by atoms with van der Waals surface area (Å²) in [4.78, 5) is 42.7. The normalized spacial score (nSPS) is 13.2. The van der Waals surface area contributed by atoms with Gasteiger partial charge in [0.15, 0.2) is 0 Å². The number of anilines is 1. The molecule has 0 bridgehead atoms. The Morgan fingerprint density at radius 2 is 2.07 bits per heavy atom. The lowest BCUT2D eigenvalue weighted by atomic mass is 10.0. The summed E-state index contributed by atoms with van der Waals surface area (Å²) in [5, 5.41) is 6.35. The second-order valence-electron chi connectivity index (χ2n) is 7.25. The fourth-order valence-electron chi connectivity index (χ4n) is 3.57. The van der Waals surface area contributed by atoms with Crippen molar-refractivity contribution in [3.63, 3.8) is 0 Å². The lowest BCUT2D eigenvalue weighted by Gasteiger charge is -2.21. The highest BCUT2D eigenvalue weighted by atomic mass is 19.1. The number of nitrogens with zero attached hydrogens (tertiary/aromatic N) is 4.